The van der Waals surface area contributed by atoms with Gasteiger partial charge in [-0.1, -0.05) is 19.6 Å². The van der Waals surface area contributed by atoms with E-state index in [0.29, 0.717) is 0 Å². The summed E-state index contributed by atoms with van der Waals surface area (Å²) in [5.41, 5.74) is 0. The van der Waals surface area contributed by atoms with Crippen LogP contribution in [-0.4, -0.2) is 178 Å². The van der Waals surface area contributed by atoms with Crippen LogP contribution in [0.25, 0.3) is 0 Å². The van der Waals surface area contributed by atoms with Crippen molar-refractivity contribution >= 4 is 8.07 Å². The minimum Gasteiger partial charge on any atom is -0.394 e. The number of rotatable bonds is 11. The molecule has 0 aromatic carbocycles. The van der Waals surface area contributed by atoms with E-state index in [9.17, 15) is 51.1 Å². The normalized spacial score (nSPS) is 46.9. The first-order chi connectivity index (χ1) is 18.7. The molecule has 0 spiro atoms. The molecule has 17 heteroatoms. The Morgan fingerprint density at radius 3 is 1.38 bits per heavy atom. The molecule has 0 aromatic heterocycles. The molecular weight excluding hydrogens is 560 g/mol. The average molecular weight is 605 g/mol. The molecule has 0 saturated carbocycles. The van der Waals surface area contributed by atoms with Crippen LogP contribution in [0.3, 0.4) is 0 Å². The molecule has 0 aromatic rings. The van der Waals surface area contributed by atoms with Gasteiger partial charge in [0.1, 0.15) is 73.2 Å². The maximum Gasteiger partial charge on any atom is 0.187 e. The lowest BCUT2D eigenvalue weighted by atomic mass is 9.96. The fraction of sp³-hybridized carbons (Fsp3) is 1.00. The van der Waals surface area contributed by atoms with E-state index in [1.165, 1.54) is 0 Å². The highest BCUT2D eigenvalue weighted by Gasteiger charge is 2.53. The van der Waals surface area contributed by atoms with Crippen molar-refractivity contribution in [2.24, 2.45) is 0 Å². The predicted octanol–water partition coefficient (Wildman–Crippen LogP) is -5.21. The fourth-order valence-electron chi connectivity index (χ4n) is 4.66. The quantitative estimate of drug-likeness (QED) is 0.0988. The Balaban J connectivity index is 1.67. The summed E-state index contributed by atoms with van der Waals surface area (Å²) in [5.74, 6) is 0. The first-order valence-corrected chi connectivity index (χ1v) is 16.9. The molecule has 10 N–H and O–H groups in total. The van der Waals surface area contributed by atoms with Crippen molar-refractivity contribution in [3.63, 3.8) is 0 Å². The van der Waals surface area contributed by atoms with Crippen LogP contribution in [0, 0.1) is 0 Å². The SMILES string of the molecule is C[Si](C)(C)CCO[C@@H]1O[C@H](CO)[C@@H](O[C@@H]2O[C@H](CO)[C@H](O[C@H]3O[C@H](CO)[C@H](O)[C@H](O)[C@H]3O)[C@H](O)[C@H]2O)[C@H](O)[C@H]1O. The van der Waals surface area contributed by atoms with Crippen LogP contribution in [0.1, 0.15) is 0 Å². The van der Waals surface area contributed by atoms with Crippen molar-refractivity contribution in [3.05, 3.63) is 0 Å². The second-order valence-electron chi connectivity index (χ2n) is 11.5. The van der Waals surface area contributed by atoms with Gasteiger partial charge in [0.15, 0.2) is 18.9 Å². The Morgan fingerprint density at radius 2 is 0.925 bits per heavy atom. The van der Waals surface area contributed by atoms with Gasteiger partial charge in [-0.25, -0.2) is 0 Å². The lowest BCUT2D eigenvalue weighted by Gasteiger charge is -2.48. The Bertz CT molecular complexity index is 768. The van der Waals surface area contributed by atoms with Crippen LogP contribution in [0.5, 0.6) is 0 Å². The average Bonchev–Trinajstić information content (AvgIpc) is 2.91. The van der Waals surface area contributed by atoms with Gasteiger partial charge in [0.05, 0.1) is 19.8 Å². The molecule has 3 aliphatic rings. The summed E-state index contributed by atoms with van der Waals surface area (Å²) in [6.07, 6.45) is -23.8. The fourth-order valence-corrected chi connectivity index (χ4v) is 5.39. The van der Waals surface area contributed by atoms with Crippen LogP contribution in [0.15, 0.2) is 0 Å². The zero-order chi connectivity index (χ0) is 29.9. The zero-order valence-electron chi connectivity index (χ0n) is 22.6. The molecule has 3 rings (SSSR count). The summed E-state index contributed by atoms with van der Waals surface area (Å²) in [4.78, 5) is 0. The molecule has 3 saturated heterocycles. The minimum atomic E-state index is -1.88. The number of hydrogen-bond acceptors (Lipinski definition) is 16. The molecule has 3 aliphatic heterocycles. The van der Waals surface area contributed by atoms with E-state index in [1.54, 1.807) is 0 Å². The van der Waals surface area contributed by atoms with Gasteiger partial charge in [-0.05, 0) is 6.04 Å². The summed E-state index contributed by atoms with van der Waals surface area (Å²) in [7, 11) is -1.46. The lowest BCUT2D eigenvalue weighted by molar-refractivity contribution is -0.379. The molecule has 0 amide bonds. The van der Waals surface area contributed by atoms with Crippen molar-refractivity contribution in [1.82, 2.24) is 0 Å². The van der Waals surface area contributed by atoms with Crippen LogP contribution < -0.4 is 0 Å². The topological polar surface area (TPSA) is 258 Å². The summed E-state index contributed by atoms with van der Waals surface area (Å²) in [5, 5.41) is 102. The summed E-state index contributed by atoms with van der Waals surface area (Å²) < 4.78 is 33.1. The molecule has 16 nitrogen and oxygen atoms in total. The maximum atomic E-state index is 10.8. The first-order valence-electron chi connectivity index (χ1n) is 13.2. The third kappa shape index (κ3) is 7.74. The van der Waals surface area contributed by atoms with E-state index in [-0.39, 0.29) is 6.61 Å². The second-order valence-corrected chi connectivity index (χ2v) is 17.1. The van der Waals surface area contributed by atoms with Gasteiger partial charge < -0.3 is 79.5 Å². The number of aliphatic hydroxyl groups excluding tert-OH is 10. The highest BCUT2D eigenvalue weighted by molar-refractivity contribution is 6.76. The standard InChI is InChI=1S/C23H44O16Si/c1-40(2,3)5-4-34-21-17(32)14(29)19(10(7-25)36-21)39-23-18(33)15(30)20(11(8-26)37-23)38-22-16(31)13(28)12(27)9(6-24)35-22/h9-33H,4-8H2,1-3H3/t9-,10-,11-,12+,13+,14-,15-,16-,17-,18-,19-,20+,21-,22-,23+/m1/s1. The third-order valence-electron chi connectivity index (χ3n) is 7.21. The number of hydrogen-bond donors (Lipinski definition) is 10. The molecule has 15 atom stereocenters. The highest BCUT2D eigenvalue weighted by Crippen LogP contribution is 2.32. The van der Waals surface area contributed by atoms with Crippen LogP contribution in [0.2, 0.25) is 25.7 Å². The second kappa shape index (κ2) is 14.4. The van der Waals surface area contributed by atoms with Crippen molar-refractivity contribution in [3.8, 4) is 0 Å². The van der Waals surface area contributed by atoms with Crippen LogP contribution in [0.4, 0.5) is 0 Å². The smallest absolute Gasteiger partial charge is 0.187 e. The zero-order valence-corrected chi connectivity index (χ0v) is 23.6. The van der Waals surface area contributed by atoms with E-state index in [4.69, 9.17) is 28.4 Å². The lowest BCUT2D eigenvalue weighted by Crippen LogP contribution is -2.66. The summed E-state index contributed by atoms with van der Waals surface area (Å²) in [6, 6.07) is 0.758. The molecule has 3 heterocycles. The van der Waals surface area contributed by atoms with E-state index in [2.05, 4.69) is 19.6 Å². The molecule has 236 valence electrons. The number of aliphatic hydroxyl groups is 10. The van der Waals surface area contributed by atoms with Gasteiger partial charge in [-0.3, -0.25) is 0 Å². The Kier molecular flexibility index (Phi) is 12.2. The number of ether oxygens (including phenoxy) is 6. The van der Waals surface area contributed by atoms with Crippen molar-refractivity contribution in [1.29, 1.82) is 0 Å². The highest BCUT2D eigenvalue weighted by atomic mass is 28.3. The van der Waals surface area contributed by atoms with Crippen molar-refractivity contribution in [2.45, 2.75) is 118 Å². The first kappa shape index (κ1) is 34.1. The van der Waals surface area contributed by atoms with Gasteiger partial charge in [0.25, 0.3) is 0 Å². The third-order valence-corrected chi connectivity index (χ3v) is 8.91. The molecule has 0 unspecified atom stereocenters. The largest absolute Gasteiger partial charge is 0.394 e. The van der Waals surface area contributed by atoms with E-state index >= 15 is 0 Å². The molecule has 0 aliphatic carbocycles. The van der Waals surface area contributed by atoms with Crippen molar-refractivity contribution in [2.75, 3.05) is 26.4 Å². The van der Waals surface area contributed by atoms with Gasteiger partial charge in [0.2, 0.25) is 0 Å². The monoisotopic (exact) mass is 604 g/mol. The van der Waals surface area contributed by atoms with Crippen LogP contribution in [-0.2, 0) is 28.4 Å². The molecule has 3 fully saturated rings. The summed E-state index contributed by atoms with van der Waals surface area (Å²) in [6.45, 7) is 4.46. The van der Waals surface area contributed by atoms with Gasteiger partial charge in [-0.15, -0.1) is 0 Å². The van der Waals surface area contributed by atoms with E-state index < -0.39 is 120 Å². The van der Waals surface area contributed by atoms with Gasteiger partial charge >= 0.3 is 0 Å². The van der Waals surface area contributed by atoms with E-state index in [1.807, 2.05) is 0 Å². The van der Waals surface area contributed by atoms with Crippen LogP contribution >= 0.6 is 0 Å². The van der Waals surface area contributed by atoms with Gasteiger partial charge in [-0.2, -0.15) is 0 Å². The molecule has 0 radical (unpaired) electrons. The Morgan fingerprint density at radius 1 is 0.525 bits per heavy atom. The minimum absolute atomic E-state index is 0.262. The Hall–Kier alpha value is -0.423. The summed E-state index contributed by atoms with van der Waals surface area (Å²) >= 11 is 0. The van der Waals surface area contributed by atoms with Crippen molar-refractivity contribution < 1.29 is 79.5 Å². The predicted molar refractivity (Wildman–Crippen MR) is 133 cm³/mol. The molecule has 0 bridgehead atoms. The maximum absolute atomic E-state index is 10.8. The van der Waals surface area contributed by atoms with Gasteiger partial charge in [0, 0.05) is 14.7 Å². The molecular formula is C23H44O16Si. The van der Waals surface area contributed by atoms with E-state index in [0.717, 1.165) is 6.04 Å². The Labute approximate surface area is 232 Å². The molecule has 40 heavy (non-hydrogen) atoms.